The molecule has 2 N–H and O–H groups in total. The third-order valence-corrected chi connectivity index (χ3v) is 2.48. The van der Waals surface area contributed by atoms with Gasteiger partial charge in [0.25, 0.3) is 0 Å². The van der Waals surface area contributed by atoms with E-state index in [1.54, 1.807) is 12.1 Å². The minimum absolute atomic E-state index is 0.132. The molecule has 0 bridgehead atoms. The predicted molar refractivity (Wildman–Crippen MR) is 67.6 cm³/mol. The van der Waals surface area contributed by atoms with Crippen LogP contribution in [0, 0.1) is 11.8 Å². The van der Waals surface area contributed by atoms with Gasteiger partial charge in [-0.1, -0.05) is 30.0 Å². The Labute approximate surface area is 106 Å². The van der Waals surface area contributed by atoms with E-state index in [1.165, 1.54) is 6.26 Å². The van der Waals surface area contributed by atoms with Crippen molar-refractivity contribution in [1.82, 2.24) is 0 Å². The van der Waals surface area contributed by atoms with Gasteiger partial charge in [0.2, 0.25) is 0 Å². The molecule has 2 aromatic rings. The average molecular weight is 242 g/mol. The molecule has 0 fully saturated rings. The zero-order valence-electron chi connectivity index (χ0n) is 9.78. The van der Waals surface area contributed by atoms with Gasteiger partial charge < -0.3 is 14.6 Å². The Morgan fingerprint density at radius 3 is 2.50 bits per heavy atom. The van der Waals surface area contributed by atoms with Crippen molar-refractivity contribution in [3.8, 4) is 11.8 Å². The van der Waals surface area contributed by atoms with Crippen LogP contribution in [0.25, 0.3) is 0 Å². The topological polar surface area (TPSA) is 53.6 Å². The van der Waals surface area contributed by atoms with Crippen LogP contribution in [0.5, 0.6) is 0 Å². The van der Waals surface area contributed by atoms with Crippen molar-refractivity contribution in [3.05, 3.63) is 60.1 Å². The summed E-state index contributed by atoms with van der Waals surface area (Å²) in [5.74, 6) is 5.99. The van der Waals surface area contributed by atoms with Gasteiger partial charge in [-0.25, -0.2) is 0 Å². The zero-order valence-corrected chi connectivity index (χ0v) is 9.78. The average Bonchev–Trinajstić information content (AvgIpc) is 2.91. The maximum Gasteiger partial charge on any atom is 0.132 e. The van der Waals surface area contributed by atoms with E-state index in [0.29, 0.717) is 5.76 Å². The number of hydrogen-bond donors (Lipinski definition) is 2. The van der Waals surface area contributed by atoms with Gasteiger partial charge in [-0.15, -0.1) is 0 Å². The minimum atomic E-state index is -0.884. The molecule has 1 heterocycles. The molecule has 0 saturated carbocycles. The molecule has 2 rings (SSSR count). The Morgan fingerprint density at radius 2 is 1.83 bits per heavy atom. The molecule has 0 spiro atoms. The molecule has 0 aliphatic carbocycles. The molecule has 0 radical (unpaired) electrons. The summed E-state index contributed by atoms with van der Waals surface area (Å²) in [5, 5.41) is 19.5. The molecule has 0 unspecified atom stereocenters. The van der Waals surface area contributed by atoms with Gasteiger partial charge in [0, 0.05) is 12.0 Å². The summed E-state index contributed by atoms with van der Waals surface area (Å²) in [6.07, 6.45) is -0.0983. The highest BCUT2D eigenvalue weighted by molar-refractivity contribution is 5.34. The first-order valence-electron chi connectivity index (χ1n) is 5.72. The van der Waals surface area contributed by atoms with Crippen LogP contribution in [0.2, 0.25) is 0 Å². The van der Waals surface area contributed by atoms with E-state index >= 15 is 0 Å². The van der Waals surface area contributed by atoms with Crippen LogP contribution in [-0.4, -0.2) is 16.3 Å². The van der Waals surface area contributed by atoms with Gasteiger partial charge in [-0.3, -0.25) is 0 Å². The van der Waals surface area contributed by atoms with E-state index in [0.717, 1.165) is 5.56 Å². The Hall–Kier alpha value is -2.02. The van der Waals surface area contributed by atoms with Gasteiger partial charge >= 0.3 is 0 Å². The standard InChI is InChI=1S/C15H14O3/c16-13(9-8-12-5-2-1-3-6-12)11-14(17)15-7-4-10-18-15/h1-7,10,13-14,16-17H,11H2/t13-,14+/m1/s1. The first kappa shape index (κ1) is 12.4. The predicted octanol–water partition coefficient (Wildman–Crippen LogP) is 2.12. The molecule has 0 aliphatic heterocycles. The molecule has 1 aromatic carbocycles. The number of aliphatic hydroxyl groups is 2. The van der Waals surface area contributed by atoms with Crippen molar-refractivity contribution in [1.29, 1.82) is 0 Å². The lowest BCUT2D eigenvalue weighted by Gasteiger charge is -2.08. The molecule has 2 atom stereocenters. The number of hydrogen-bond acceptors (Lipinski definition) is 3. The van der Waals surface area contributed by atoms with Crippen molar-refractivity contribution < 1.29 is 14.6 Å². The third kappa shape index (κ3) is 3.49. The summed E-state index contributed by atoms with van der Waals surface area (Å²) in [4.78, 5) is 0. The second kappa shape index (κ2) is 6.06. The maximum atomic E-state index is 9.76. The van der Waals surface area contributed by atoms with Gasteiger partial charge in [0.15, 0.2) is 0 Å². The first-order valence-corrected chi connectivity index (χ1v) is 5.72. The van der Waals surface area contributed by atoms with E-state index in [9.17, 15) is 10.2 Å². The molecule has 0 saturated heterocycles. The van der Waals surface area contributed by atoms with E-state index < -0.39 is 12.2 Å². The minimum Gasteiger partial charge on any atom is -0.467 e. The number of furan rings is 1. The third-order valence-electron chi connectivity index (χ3n) is 2.48. The fourth-order valence-corrected chi connectivity index (χ4v) is 1.56. The molecular weight excluding hydrogens is 228 g/mol. The van der Waals surface area contributed by atoms with E-state index in [2.05, 4.69) is 11.8 Å². The molecule has 1 aromatic heterocycles. The summed E-state index contributed by atoms with van der Waals surface area (Å²) < 4.78 is 5.05. The van der Waals surface area contributed by atoms with Crippen LogP contribution < -0.4 is 0 Å². The smallest absolute Gasteiger partial charge is 0.132 e. The summed E-state index contributed by atoms with van der Waals surface area (Å²) in [6.45, 7) is 0. The Bertz CT molecular complexity index is 520. The van der Waals surface area contributed by atoms with Crippen LogP contribution in [0.3, 0.4) is 0 Å². The highest BCUT2D eigenvalue weighted by Crippen LogP contribution is 2.18. The van der Waals surface area contributed by atoms with Gasteiger partial charge in [-0.2, -0.15) is 0 Å². The molecule has 3 nitrogen and oxygen atoms in total. The van der Waals surface area contributed by atoms with Crippen LogP contribution in [0.1, 0.15) is 23.8 Å². The quantitative estimate of drug-likeness (QED) is 0.810. The molecule has 18 heavy (non-hydrogen) atoms. The molecular formula is C15H14O3. The lowest BCUT2D eigenvalue weighted by Crippen LogP contribution is -2.09. The second-order valence-electron chi connectivity index (χ2n) is 3.92. The fraction of sp³-hybridized carbons (Fsp3) is 0.200. The zero-order chi connectivity index (χ0) is 12.8. The summed E-state index contributed by atoms with van der Waals surface area (Å²) in [7, 11) is 0. The van der Waals surface area contributed by atoms with Crippen molar-refractivity contribution >= 4 is 0 Å². The first-order chi connectivity index (χ1) is 8.75. The lowest BCUT2D eigenvalue weighted by molar-refractivity contribution is 0.0915. The van der Waals surface area contributed by atoms with Crippen molar-refractivity contribution in [2.45, 2.75) is 18.6 Å². The van der Waals surface area contributed by atoms with E-state index in [4.69, 9.17) is 4.42 Å². The monoisotopic (exact) mass is 242 g/mol. The number of aliphatic hydroxyl groups excluding tert-OH is 2. The largest absolute Gasteiger partial charge is 0.467 e. The summed E-state index contributed by atoms with van der Waals surface area (Å²) in [6, 6.07) is 12.8. The van der Waals surface area contributed by atoms with E-state index in [1.807, 2.05) is 30.3 Å². The molecule has 3 heteroatoms. The van der Waals surface area contributed by atoms with Gasteiger partial charge in [0.05, 0.1) is 6.26 Å². The van der Waals surface area contributed by atoms with Crippen molar-refractivity contribution in [2.75, 3.05) is 0 Å². The van der Waals surface area contributed by atoms with Crippen LogP contribution in [0.4, 0.5) is 0 Å². The normalized spacial score (nSPS) is 13.4. The van der Waals surface area contributed by atoms with E-state index in [-0.39, 0.29) is 6.42 Å². The van der Waals surface area contributed by atoms with Gasteiger partial charge in [-0.05, 0) is 24.3 Å². The van der Waals surface area contributed by atoms with Crippen LogP contribution in [-0.2, 0) is 0 Å². The summed E-state index contributed by atoms with van der Waals surface area (Å²) in [5.41, 5.74) is 0.837. The van der Waals surface area contributed by atoms with Crippen LogP contribution >= 0.6 is 0 Å². The fourth-order valence-electron chi connectivity index (χ4n) is 1.56. The molecule has 92 valence electrons. The highest BCUT2D eigenvalue weighted by Gasteiger charge is 2.14. The number of benzene rings is 1. The SMILES string of the molecule is O[C@H](C#Cc1ccccc1)C[C@H](O)c1ccco1. The van der Waals surface area contributed by atoms with Crippen molar-refractivity contribution in [2.24, 2.45) is 0 Å². The lowest BCUT2D eigenvalue weighted by atomic mass is 10.1. The van der Waals surface area contributed by atoms with Gasteiger partial charge in [0.1, 0.15) is 18.0 Å². The summed E-state index contributed by atoms with van der Waals surface area (Å²) >= 11 is 0. The van der Waals surface area contributed by atoms with Crippen LogP contribution in [0.15, 0.2) is 53.1 Å². The van der Waals surface area contributed by atoms with Crippen molar-refractivity contribution in [3.63, 3.8) is 0 Å². The Balaban J connectivity index is 1.93. The highest BCUT2D eigenvalue weighted by atomic mass is 16.4. The maximum absolute atomic E-state index is 9.76. The molecule has 0 aliphatic rings. The number of rotatable bonds is 3. The Kier molecular flexibility index (Phi) is 4.19. The molecule has 0 amide bonds. The second-order valence-corrected chi connectivity index (χ2v) is 3.92. The Morgan fingerprint density at radius 1 is 1.06 bits per heavy atom.